The Morgan fingerprint density at radius 3 is 2.18 bits per heavy atom. The molecule has 0 unspecified atom stereocenters. The van der Waals surface area contributed by atoms with Crippen LogP contribution in [0.5, 0.6) is 0 Å². The van der Waals surface area contributed by atoms with E-state index in [0.29, 0.717) is 4.99 Å². The van der Waals surface area contributed by atoms with Gasteiger partial charge in [-0.3, -0.25) is 0 Å². The molecule has 0 spiro atoms. The number of carbonyl (C=O) groups excluding carboxylic acids is 1. The fraction of sp³-hybridized carbons (Fsp3) is 0.833. The van der Waals surface area contributed by atoms with Crippen LogP contribution >= 0.6 is 12.2 Å². The van der Waals surface area contributed by atoms with Crippen LogP contribution in [0.25, 0.3) is 0 Å². The van der Waals surface area contributed by atoms with Crippen LogP contribution in [0.3, 0.4) is 0 Å². The third-order valence-electron chi connectivity index (χ3n) is 3.23. The SMILES string of the molecule is CC(C)(C)NC(=O)N1CCC(C)(C(N)=S)CC1. The molecule has 98 valence electrons. The van der Waals surface area contributed by atoms with Crippen molar-refractivity contribution in [2.24, 2.45) is 11.1 Å². The van der Waals surface area contributed by atoms with Crippen molar-refractivity contribution < 1.29 is 4.79 Å². The summed E-state index contributed by atoms with van der Waals surface area (Å²) >= 11 is 5.08. The molecular weight excluding hydrogens is 234 g/mol. The fourth-order valence-electron chi connectivity index (χ4n) is 1.85. The minimum atomic E-state index is -0.193. The van der Waals surface area contributed by atoms with E-state index < -0.39 is 0 Å². The van der Waals surface area contributed by atoms with Gasteiger partial charge in [0.2, 0.25) is 0 Å². The molecule has 5 heteroatoms. The highest BCUT2D eigenvalue weighted by Crippen LogP contribution is 2.31. The maximum atomic E-state index is 11.9. The quantitative estimate of drug-likeness (QED) is 0.705. The molecule has 1 heterocycles. The molecule has 3 N–H and O–H groups in total. The van der Waals surface area contributed by atoms with Gasteiger partial charge in [-0.2, -0.15) is 0 Å². The van der Waals surface area contributed by atoms with Crippen LogP contribution in [0, 0.1) is 5.41 Å². The number of carbonyl (C=O) groups is 1. The van der Waals surface area contributed by atoms with E-state index >= 15 is 0 Å². The molecule has 0 aliphatic carbocycles. The lowest BCUT2D eigenvalue weighted by Crippen LogP contribution is -2.53. The summed E-state index contributed by atoms with van der Waals surface area (Å²) in [6.07, 6.45) is 1.69. The summed E-state index contributed by atoms with van der Waals surface area (Å²) in [4.78, 5) is 14.3. The second-order valence-electron chi connectivity index (χ2n) is 6.09. The molecule has 0 saturated carbocycles. The predicted octanol–water partition coefficient (Wildman–Crippen LogP) is 1.88. The van der Waals surface area contributed by atoms with Gasteiger partial charge in [-0.25, -0.2) is 4.79 Å². The monoisotopic (exact) mass is 257 g/mol. The average molecular weight is 257 g/mol. The number of urea groups is 1. The minimum Gasteiger partial charge on any atom is -0.393 e. The third kappa shape index (κ3) is 3.84. The van der Waals surface area contributed by atoms with E-state index in [1.807, 2.05) is 25.7 Å². The first-order valence-electron chi connectivity index (χ1n) is 6.01. The molecule has 0 aromatic rings. The first-order valence-corrected chi connectivity index (χ1v) is 6.42. The number of rotatable bonds is 1. The van der Waals surface area contributed by atoms with E-state index in [9.17, 15) is 4.79 Å². The molecule has 0 radical (unpaired) electrons. The number of thiocarbonyl (C=S) groups is 1. The Morgan fingerprint density at radius 1 is 1.35 bits per heavy atom. The van der Waals surface area contributed by atoms with Gasteiger partial charge < -0.3 is 16.0 Å². The number of nitrogens with two attached hydrogens (primary N) is 1. The van der Waals surface area contributed by atoms with E-state index in [-0.39, 0.29) is 17.0 Å². The topological polar surface area (TPSA) is 58.4 Å². The summed E-state index contributed by atoms with van der Waals surface area (Å²) < 4.78 is 0. The standard InChI is InChI=1S/C12H23N3OS/c1-11(2,3)14-10(16)15-7-5-12(4,6-8-15)9(13)17/h5-8H2,1-4H3,(H2,13,17)(H,14,16). The summed E-state index contributed by atoms with van der Waals surface area (Å²) in [7, 11) is 0. The Labute approximate surface area is 109 Å². The number of hydrogen-bond donors (Lipinski definition) is 2. The molecule has 17 heavy (non-hydrogen) atoms. The Balaban J connectivity index is 2.53. The zero-order valence-electron chi connectivity index (χ0n) is 11.2. The van der Waals surface area contributed by atoms with Gasteiger partial charge >= 0.3 is 6.03 Å². The average Bonchev–Trinajstić information content (AvgIpc) is 2.15. The number of amides is 2. The Hall–Kier alpha value is -0.840. The molecule has 0 aromatic heterocycles. The van der Waals surface area contributed by atoms with Crippen LogP contribution in [0.2, 0.25) is 0 Å². The second-order valence-corrected chi connectivity index (χ2v) is 6.53. The van der Waals surface area contributed by atoms with Gasteiger partial charge in [0.25, 0.3) is 0 Å². The minimum absolute atomic E-state index is 0.00231. The van der Waals surface area contributed by atoms with Gasteiger partial charge in [0.1, 0.15) is 0 Å². The Kier molecular flexibility index (Phi) is 4.02. The lowest BCUT2D eigenvalue weighted by molar-refractivity contribution is 0.154. The summed E-state index contributed by atoms with van der Waals surface area (Å²) in [5, 5.41) is 2.97. The third-order valence-corrected chi connectivity index (χ3v) is 3.72. The van der Waals surface area contributed by atoms with Crippen molar-refractivity contribution >= 4 is 23.2 Å². The second kappa shape index (κ2) is 4.80. The van der Waals surface area contributed by atoms with Crippen molar-refractivity contribution in [3.63, 3.8) is 0 Å². The first kappa shape index (κ1) is 14.2. The van der Waals surface area contributed by atoms with E-state index in [0.717, 1.165) is 25.9 Å². The van der Waals surface area contributed by atoms with Crippen molar-refractivity contribution in [1.29, 1.82) is 0 Å². The maximum absolute atomic E-state index is 11.9. The number of nitrogens with one attached hydrogen (secondary N) is 1. The molecule has 1 saturated heterocycles. The molecule has 1 aliphatic heterocycles. The van der Waals surface area contributed by atoms with Crippen molar-refractivity contribution in [3.05, 3.63) is 0 Å². The lowest BCUT2D eigenvalue weighted by Gasteiger charge is -2.39. The van der Waals surface area contributed by atoms with Gasteiger partial charge in [-0.05, 0) is 33.6 Å². The van der Waals surface area contributed by atoms with Crippen molar-refractivity contribution in [2.45, 2.75) is 46.1 Å². The zero-order valence-corrected chi connectivity index (χ0v) is 12.0. The van der Waals surface area contributed by atoms with Crippen LogP contribution in [0.4, 0.5) is 4.79 Å². The molecule has 1 rings (SSSR count). The molecule has 1 aliphatic rings. The number of nitrogens with zero attached hydrogens (tertiary/aromatic N) is 1. The molecule has 0 atom stereocenters. The van der Waals surface area contributed by atoms with Crippen LogP contribution in [0.1, 0.15) is 40.5 Å². The molecule has 0 aromatic carbocycles. The number of piperidine rings is 1. The molecule has 0 bridgehead atoms. The summed E-state index contributed by atoms with van der Waals surface area (Å²) in [5.74, 6) is 0. The smallest absolute Gasteiger partial charge is 0.317 e. The van der Waals surface area contributed by atoms with E-state index in [4.69, 9.17) is 18.0 Å². The summed E-state index contributed by atoms with van der Waals surface area (Å²) in [6.45, 7) is 9.45. The molecule has 2 amide bonds. The van der Waals surface area contributed by atoms with Crippen LogP contribution in [-0.2, 0) is 0 Å². The zero-order chi connectivity index (χ0) is 13.3. The van der Waals surface area contributed by atoms with Gasteiger partial charge in [0.15, 0.2) is 0 Å². The normalized spacial score (nSPS) is 19.9. The highest BCUT2D eigenvalue weighted by atomic mass is 32.1. The van der Waals surface area contributed by atoms with E-state index in [1.165, 1.54) is 0 Å². The fourth-order valence-corrected chi connectivity index (χ4v) is 2.05. The lowest BCUT2D eigenvalue weighted by atomic mass is 9.80. The number of likely N-dealkylation sites (tertiary alicyclic amines) is 1. The van der Waals surface area contributed by atoms with Gasteiger partial charge in [0.05, 0.1) is 4.99 Å². The van der Waals surface area contributed by atoms with E-state index in [1.54, 1.807) is 0 Å². The van der Waals surface area contributed by atoms with Crippen molar-refractivity contribution in [3.8, 4) is 0 Å². The highest BCUT2D eigenvalue weighted by molar-refractivity contribution is 7.80. The van der Waals surface area contributed by atoms with Crippen molar-refractivity contribution in [1.82, 2.24) is 10.2 Å². The number of hydrogen-bond acceptors (Lipinski definition) is 2. The highest BCUT2D eigenvalue weighted by Gasteiger charge is 2.34. The van der Waals surface area contributed by atoms with Gasteiger partial charge in [-0.15, -0.1) is 0 Å². The molecular formula is C12H23N3OS. The molecule has 4 nitrogen and oxygen atoms in total. The van der Waals surface area contributed by atoms with E-state index in [2.05, 4.69) is 12.2 Å². The largest absolute Gasteiger partial charge is 0.393 e. The van der Waals surface area contributed by atoms with Crippen LogP contribution in [0.15, 0.2) is 0 Å². The van der Waals surface area contributed by atoms with Gasteiger partial charge in [-0.1, -0.05) is 19.1 Å². The summed E-state index contributed by atoms with van der Waals surface area (Å²) in [6, 6.07) is 0.00231. The summed E-state index contributed by atoms with van der Waals surface area (Å²) in [5.41, 5.74) is 5.45. The first-order chi connectivity index (χ1) is 7.64. The predicted molar refractivity (Wildman–Crippen MR) is 74.0 cm³/mol. The van der Waals surface area contributed by atoms with Crippen LogP contribution < -0.4 is 11.1 Å². The van der Waals surface area contributed by atoms with Crippen LogP contribution in [-0.4, -0.2) is 34.5 Å². The van der Waals surface area contributed by atoms with Crippen molar-refractivity contribution in [2.75, 3.05) is 13.1 Å². The van der Waals surface area contributed by atoms with Gasteiger partial charge in [0, 0.05) is 24.0 Å². The molecule has 1 fully saturated rings. The Morgan fingerprint density at radius 2 is 1.82 bits per heavy atom. The maximum Gasteiger partial charge on any atom is 0.317 e. The Bertz CT molecular complexity index is 314.